The Hall–Kier alpha value is -1.47. The molecule has 3 rings (SSSR count). The number of anilines is 2. The zero-order valence-corrected chi connectivity index (χ0v) is 16.5. The van der Waals surface area contributed by atoms with Crippen molar-refractivity contribution in [2.45, 2.75) is 11.3 Å². The molecule has 0 spiro atoms. The largest absolute Gasteiger partial charge is 0.490 e. The van der Waals surface area contributed by atoms with Crippen LogP contribution in [0.1, 0.15) is 5.56 Å². The topological polar surface area (TPSA) is 47.0 Å². The lowest BCUT2D eigenvalue weighted by Gasteiger charge is -2.08. The number of hydrogen-bond donors (Lipinski definition) is 1. The fraction of sp³-hybridized carbons (Fsp3) is 0.176. The fourth-order valence-corrected chi connectivity index (χ4v) is 4.22. The number of rotatable bonds is 7. The summed E-state index contributed by atoms with van der Waals surface area (Å²) in [7, 11) is 0. The fourth-order valence-electron chi connectivity index (χ4n) is 2.06. The second kappa shape index (κ2) is 8.76. The number of aromatic nitrogens is 2. The number of para-hydroxylation sites is 1. The van der Waals surface area contributed by atoms with Crippen LogP contribution in [0, 0.1) is 6.92 Å². The molecule has 0 bridgehead atoms. The highest BCUT2D eigenvalue weighted by Crippen LogP contribution is 2.33. The Morgan fingerprint density at radius 1 is 1.12 bits per heavy atom. The van der Waals surface area contributed by atoms with Gasteiger partial charge in [-0.3, -0.25) is 0 Å². The van der Waals surface area contributed by atoms with Crippen LogP contribution >= 0.6 is 46.3 Å². The molecule has 0 aliphatic rings. The first-order chi connectivity index (χ1) is 12.1. The van der Waals surface area contributed by atoms with Gasteiger partial charge >= 0.3 is 0 Å². The van der Waals surface area contributed by atoms with Crippen LogP contribution in [0.5, 0.6) is 5.75 Å². The Morgan fingerprint density at radius 3 is 2.64 bits per heavy atom. The molecule has 2 aromatic carbocycles. The van der Waals surface area contributed by atoms with E-state index in [0.29, 0.717) is 22.4 Å². The Morgan fingerprint density at radius 2 is 1.88 bits per heavy atom. The van der Waals surface area contributed by atoms with E-state index in [4.69, 9.17) is 27.9 Å². The van der Waals surface area contributed by atoms with Gasteiger partial charge in [0.1, 0.15) is 0 Å². The summed E-state index contributed by atoms with van der Waals surface area (Å²) in [6.45, 7) is 2.53. The van der Waals surface area contributed by atoms with Crippen LogP contribution in [0.3, 0.4) is 0 Å². The molecule has 1 aromatic heterocycles. The molecular weight excluding hydrogens is 397 g/mol. The smallest absolute Gasteiger partial charge is 0.210 e. The Bertz CT molecular complexity index is 837. The third-order valence-corrected chi connectivity index (χ3v) is 5.68. The van der Waals surface area contributed by atoms with E-state index in [1.807, 2.05) is 12.1 Å². The molecule has 0 unspecified atom stereocenters. The molecule has 25 heavy (non-hydrogen) atoms. The minimum atomic E-state index is 0.480. The second-order valence-electron chi connectivity index (χ2n) is 5.12. The van der Waals surface area contributed by atoms with Gasteiger partial charge in [-0.15, -0.1) is 10.2 Å². The molecule has 130 valence electrons. The van der Waals surface area contributed by atoms with Crippen molar-refractivity contribution in [3.63, 3.8) is 0 Å². The molecule has 1 N–H and O–H groups in total. The first-order valence-electron chi connectivity index (χ1n) is 7.48. The van der Waals surface area contributed by atoms with Crippen molar-refractivity contribution in [1.82, 2.24) is 10.2 Å². The van der Waals surface area contributed by atoms with E-state index in [0.717, 1.165) is 20.9 Å². The molecule has 4 nitrogen and oxygen atoms in total. The lowest BCUT2D eigenvalue weighted by atomic mass is 10.2. The van der Waals surface area contributed by atoms with E-state index in [1.165, 1.54) is 16.9 Å². The number of ether oxygens (including phenoxy) is 1. The van der Waals surface area contributed by atoms with Gasteiger partial charge in [-0.05, 0) is 36.8 Å². The predicted octanol–water partition coefficient (Wildman–Crippen LogP) is 6.07. The number of nitrogens with one attached hydrogen (secondary N) is 1. The summed E-state index contributed by atoms with van der Waals surface area (Å²) in [4.78, 5) is 0. The third-order valence-electron chi connectivity index (χ3n) is 3.15. The van der Waals surface area contributed by atoms with Gasteiger partial charge in [-0.25, -0.2) is 0 Å². The molecule has 3 aromatic rings. The van der Waals surface area contributed by atoms with Crippen LogP contribution in [-0.4, -0.2) is 22.6 Å². The van der Waals surface area contributed by atoms with Gasteiger partial charge in [-0.2, -0.15) is 0 Å². The van der Waals surface area contributed by atoms with Crippen molar-refractivity contribution in [2.75, 3.05) is 17.7 Å². The van der Waals surface area contributed by atoms with E-state index < -0.39 is 0 Å². The van der Waals surface area contributed by atoms with Gasteiger partial charge < -0.3 is 10.1 Å². The van der Waals surface area contributed by atoms with Crippen LogP contribution in [0.4, 0.5) is 10.8 Å². The van der Waals surface area contributed by atoms with Crippen molar-refractivity contribution in [2.24, 2.45) is 0 Å². The van der Waals surface area contributed by atoms with Crippen LogP contribution in [0.15, 0.2) is 46.8 Å². The van der Waals surface area contributed by atoms with Crippen LogP contribution in [0.2, 0.25) is 10.0 Å². The summed E-state index contributed by atoms with van der Waals surface area (Å²) in [6, 6.07) is 13.4. The summed E-state index contributed by atoms with van der Waals surface area (Å²) in [6.07, 6.45) is 0. The van der Waals surface area contributed by atoms with Crippen LogP contribution < -0.4 is 10.1 Å². The average Bonchev–Trinajstić information content (AvgIpc) is 3.01. The highest BCUT2D eigenvalue weighted by molar-refractivity contribution is 8.01. The normalized spacial score (nSPS) is 10.7. The summed E-state index contributed by atoms with van der Waals surface area (Å²) in [5.74, 6) is 1.24. The zero-order chi connectivity index (χ0) is 17.6. The van der Waals surface area contributed by atoms with Gasteiger partial charge in [0.25, 0.3) is 0 Å². The van der Waals surface area contributed by atoms with Crippen molar-refractivity contribution in [3.05, 3.63) is 58.1 Å². The molecule has 0 saturated heterocycles. The highest BCUT2D eigenvalue weighted by Gasteiger charge is 2.08. The molecule has 0 aliphatic carbocycles. The SMILES string of the molecule is Cc1cccc(Nc2nnc(SCCOc3c(Cl)cccc3Cl)s2)c1. The molecule has 0 fully saturated rings. The number of aryl methyl sites for hydroxylation is 1. The molecule has 0 amide bonds. The molecule has 0 saturated carbocycles. The van der Waals surface area contributed by atoms with E-state index in [-0.39, 0.29) is 0 Å². The molecule has 8 heteroatoms. The first-order valence-corrected chi connectivity index (χ1v) is 10.0. The minimum Gasteiger partial charge on any atom is -0.490 e. The number of hydrogen-bond acceptors (Lipinski definition) is 6. The number of halogens is 2. The minimum absolute atomic E-state index is 0.480. The molecule has 0 atom stereocenters. The van der Waals surface area contributed by atoms with Gasteiger partial charge in [0.15, 0.2) is 10.1 Å². The van der Waals surface area contributed by atoms with Crippen LogP contribution in [-0.2, 0) is 0 Å². The predicted molar refractivity (Wildman–Crippen MR) is 107 cm³/mol. The number of benzene rings is 2. The van der Waals surface area contributed by atoms with Gasteiger partial charge in [0.2, 0.25) is 5.13 Å². The molecule has 0 aliphatic heterocycles. The maximum Gasteiger partial charge on any atom is 0.210 e. The van der Waals surface area contributed by atoms with E-state index >= 15 is 0 Å². The summed E-state index contributed by atoms with van der Waals surface area (Å²) >= 11 is 15.2. The van der Waals surface area contributed by atoms with Crippen LogP contribution in [0.25, 0.3) is 0 Å². The van der Waals surface area contributed by atoms with Crippen molar-refractivity contribution >= 4 is 57.1 Å². The molecule has 1 heterocycles. The molecule has 0 radical (unpaired) electrons. The highest BCUT2D eigenvalue weighted by atomic mass is 35.5. The van der Waals surface area contributed by atoms with Gasteiger partial charge in [-0.1, -0.05) is 64.5 Å². The third kappa shape index (κ3) is 5.25. The van der Waals surface area contributed by atoms with Crippen molar-refractivity contribution in [1.29, 1.82) is 0 Å². The first kappa shape index (κ1) is 18.3. The zero-order valence-electron chi connectivity index (χ0n) is 13.3. The Kier molecular flexibility index (Phi) is 6.42. The Balaban J connectivity index is 1.49. The average molecular weight is 412 g/mol. The lowest BCUT2D eigenvalue weighted by Crippen LogP contribution is -2.01. The number of nitrogens with zero attached hydrogens (tertiary/aromatic N) is 2. The second-order valence-corrected chi connectivity index (χ2v) is 8.25. The quantitative estimate of drug-likeness (QED) is 0.377. The lowest BCUT2D eigenvalue weighted by molar-refractivity contribution is 0.344. The standard InChI is InChI=1S/C17H15Cl2N3OS2/c1-11-4-2-5-12(10-11)20-16-21-22-17(25-16)24-9-8-23-15-13(18)6-3-7-14(15)19/h2-7,10H,8-9H2,1H3,(H,20,21). The van der Waals surface area contributed by atoms with Crippen molar-refractivity contribution < 1.29 is 4.74 Å². The summed E-state index contributed by atoms with van der Waals surface area (Å²) < 4.78 is 6.54. The maximum absolute atomic E-state index is 6.07. The van der Waals surface area contributed by atoms with E-state index in [2.05, 4.69) is 34.6 Å². The molecular formula is C17H15Cl2N3OS2. The number of thioether (sulfide) groups is 1. The summed E-state index contributed by atoms with van der Waals surface area (Å²) in [5.41, 5.74) is 2.20. The van der Waals surface area contributed by atoms with Gasteiger partial charge in [0.05, 0.1) is 16.7 Å². The Labute approximate surface area is 164 Å². The summed E-state index contributed by atoms with van der Waals surface area (Å²) in [5, 5.41) is 13.4. The van der Waals surface area contributed by atoms with Crippen molar-refractivity contribution in [3.8, 4) is 5.75 Å². The van der Waals surface area contributed by atoms with E-state index in [9.17, 15) is 0 Å². The van der Waals surface area contributed by atoms with Gasteiger partial charge in [0, 0.05) is 11.4 Å². The van der Waals surface area contributed by atoms with E-state index in [1.54, 1.807) is 30.0 Å². The maximum atomic E-state index is 6.07. The monoisotopic (exact) mass is 411 g/mol.